The van der Waals surface area contributed by atoms with Crippen molar-refractivity contribution in [3.05, 3.63) is 58.9 Å². The van der Waals surface area contributed by atoms with E-state index in [-0.39, 0.29) is 19.0 Å². The Kier molecular flexibility index (Phi) is 6.36. The van der Waals surface area contributed by atoms with Gasteiger partial charge in [0.1, 0.15) is 11.4 Å². The lowest BCUT2D eigenvalue weighted by Gasteiger charge is -2.27. The highest BCUT2D eigenvalue weighted by atomic mass is 35.5. The second kappa shape index (κ2) is 9.38. The molecular weight excluding hydrogens is 490 g/mol. The zero-order chi connectivity index (χ0) is 26.4. The maximum atomic E-state index is 14.1. The van der Waals surface area contributed by atoms with Gasteiger partial charge in [0.25, 0.3) is 0 Å². The first-order valence-electron chi connectivity index (χ1n) is 12.5. The number of halogens is 1. The molecular formula is C28H30ClN5O3. The van der Waals surface area contributed by atoms with Crippen LogP contribution in [0.1, 0.15) is 51.4 Å². The molecule has 9 heteroatoms. The number of nitriles is 1. The van der Waals surface area contributed by atoms with Gasteiger partial charge in [0.2, 0.25) is 5.91 Å². The van der Waals surface area contributed by atoms with Crippen LogP contribution < -0.4 is 4.90 Å². The summed E-state index contributed by atoms with van der Waals surface area (Å²) in [5.74, 6) is 0.700. The van der Waals surface area contributed by atoms with Gasteiger partial charge >= 0.3 is 6.09 Å². The number of hydrogen-bond donors (Lipinski definition) is 0. The van der Waals surface area contributed by atoms with Crippen LogP contribution in [0.4, 0.5) is 10.5 Å². The Labute approximate surface area is 221 Å². The van der Waals surface area contributed by atoms with Crippen molar-refractivity contribution in [3.63, 3.8) is 0 Å². The molecule has 1 atom stereocenters. The van der Waals surface area contributed by atoms with E-state index in [1.165, 1.54) is 0 Å². The molecule has 1 spiro atoms. The summed E-state index contributed by atoms with van der Waals surface area (Å²) in [5, 5.41) is 9.64. The van der Waals surface area contributed by atoms with Gasteiger partial charge in [-0.3, -0.25) is 4.79 Å². The van der Waals surface area contributed by atoms with E-state index in [0.29, 0.717) is 37.4 Å². The van der Waals surface area contributed by atoms with E-state index in [1.807, 2.05) is 63.2 Å². The van der Waals surface area contributed by atoms with Crippen molar-refractivity contribution >= 4 is 40.3 Å². The molecule has 1 saturated heterocycles. The summed E-state index contributed by atoms with van der Waals surface area (Å²) in [7, 11) is 0. The monoisotopic (exact) mass is 519 g/mol. The molecule has 2 aliphatic rings. The van der Waals surface area contributed by atoms with Gasteiger partial charge in [-0.05, 0) is 63.4 Å². The summed E-state index contributed by atoms with van der Waals surface area (Å²) in [5.41, 5.74) is 2.03. The van der Waals surface area contributed by atoms with E-state index in [9.17, 15) is 9.59 Å². The number of rotatable bonds is 5. The molecule has 2 aromatic carbocycles. The van der Waals surface area contributed by atoms with Gasteiger partial charge in [-0.15, -0.1) is 0 Å². The van der Waals surface area contributed by atoms with E-state index in [4.69, 9.17) is 26.6 Å². The molecule has 1 aromatic heterocycles. The van der Waals surface area contributed by atoms with Crippen molar-refractivity contribution in [1.29, 1.82) is 5.26 Å². The van der Waals surface area contributed by atoms with Gasteiger partial charge in [0.15, 0.2) is 0 Å². The smallest absolute Gasteiger partial charge is 0.410 e. The van der Waals surface area contributed by atoms with Crippen LogP contribution in [0.5, 0.6) is 0 Å². The molecule has 0 N–H and O–H groups in total. The van der Waals surface area contributed by atoms with E-state index in [1.54, 1.807) is 9.80 Å². The quantitative estimate of drug-likeness (QED) is 0.420. The summed E-state index contributed by atoms with van der Waals surface area (Å²) in [6.45, 7) is 7.14. The normalized spacial score (nSPS) is 19.1. The number of benzene rings is 2. The number of hydrogen-bond acceptors (Lipinski definition) is 5. The molecule has 5 rings (SSSR count). The van der Waals surface area contributed by atoms with Gasteiger partial charge in [-0.25, -0.2) is 9.78 Å². The van der Waals surface area contributed by atoms with Gasteiger partial charge in [-0.2, -0.15) is 5.26 Å². The highest BCUT2D eigenvalue weighted by molar-refractivity contribution is 6.31. The van der Waals surface area contributed by atoms with Gasteiger partial charge in [-0.1, -0.05) is 29.8 Å². The average Bonchev–Trinajstić information content (AvgIpc) is 3.49. The van der Waals surface area contributed by atoms with E-state index in [2.05, 4.69) is 10.6 Å². The van der Waals surface area contributed by atoms with Crippen molar-refractivity contribution in [2.75, 3.05) is 18.0 Å². The SMILES string of the molecule is CC(C)(C)OC(=O)N1CCC2(C1)C(=O)N(Cc1nc3cc(Cl)ccc3n1CCCC#N)c1ccccc12. The number of unbranched alkanes of at least 4 members (excludes halogenated alkanes) is 1. The molecule has 0 bridgehead atoms. The summed E-state index contributed by atoms with van der Waals surface area (Å²) >= 11 is 6.23. The first-order valence-corrected chi connectivity index (χ1v) is 12.9. The molecule has 0 saturated carbocycles. The minimum Gasteiger partial charge on any atom is -0.444 e. The number of carbonyl (C=O) groups is 2. The highest BCUT2D eigenvalue weighted by Gasteiger charge is 2.55. The first-order chi connectivity index (χ1) is 17.6. The average molecular weight is 520 g/mol. The van der Waals surface area contributed by atoms with E-state index >= 15 is 0 Å². The standard InChI is InChI=1S/C28H30ClN5O3/c1-27(2,3)37-26(36)32-15-12-28(18-32)20-8-4-5-9-22(20)34(25(28)35)17-24-31-21-16-19(29)10-11-23(21)33(24)14-7-6-13-30/h4-5,8-11,16H,6-7,12,14-15,17-18H2,1-3H3. The Bertz CT molecular complexity index is 1420. The number of aromatic nitrogens is 2. The Morgan fingerprint density at radius 3 is 2.78 bits per heavy atom. The fraction of sp³-hybridized carbons (Fsp3) is 0.429. The van der Waals surface area contributed by atoms with Crippen molar-refractivity contribution in [2.24, 2.45) is 0 Å². The van der Waals surface area contributed by atoms with Crippen LogP contribution >= 0.6 is 11.6 Å². The Balaban J connectivity index is 1.48. The number of carbonyl (C=O) groups excluding carboxylic acids is 2. The minimum atomic E-state index is -0.811. The minimum absolute atomic E-state index is 0.0339. The summed E-state index contributed by atoms with van der Waals surface area (Å²) in [6.07, 6.45) is 1.25. The molecule has 2 amide bonds. The Morgan fingerprint density at radius 2 is 2.03 bits per heavy atom. The van der Waals surface area contributed by atoms with Crippen LogP contribution in [0.3, 0.4) is 0 Å². The van der Waals surface area contributed by atoms with E-state index < -0.39 is 17.1 Å². The second-order valence-corrected chi connectivity index (χ2v) is 11.2. The highest BCUT2D eigenvalue weighted by Crippen LogP contribution is 2.48. The molecule has 1 fully saturated rings. The number of imidazole rings is 1. The topological polar surface area (TPSA) is 91.5 Å². The second-order valence-electron chi connectivity index (χ2n) is 10.7. The summed E-state index contributed by atoms with van der Waals surface area (Å²) < 4.78 is 7.67. The zero-order valence-electron chi connectivity index (χ0n) is 21.3. The molecule has 37 heavy (non-hydrogen) atoms. The van der Waals surface area contributed by atoms with E-state index in [0.717, 1.165) is 28.1 Å². The number of likely N-dealkylation sites (tertiary alicyclic amines) is 1. The lowest BCUT2D eigenvalue weighted by atomic mass is 9.81. The third kappa shape index (κ3) is 4.53. The predicted octanol–water partition coefficient (Wildman–Crippen LogP) is 5.42. The largest absolute Gasteiger partial charge is 0.444 e. The van der Waals surface area contributed by atoms with Gasteiger partial charge < -0.3 is 19.1 Å². The fourth-order valence-corrected chi connectivity index (χ4v) is 5.59. The summed E-state index contributed by atoms with van der Waals surface area (Å²) in [6, 6.07) is 15.6. The molecule has 3 aromatic rings. The number of amides is 2. The molecule has 3 heterocycles. The number of nitrogens with zero attached hydrogens (tertiary/aromatic N) is 5. The third-order valence-electron chi connectivity index (χ3n) is 7.05. The van der Waals surface area contributed by atoms with Crippen molar-refractivity contribution in [2.45, 2.75) is 64.1 Å². The van der Waals surface area contributed by atoms with Crippen LogP contribution in [0.25, 0.3) is 11.0 Å². The number of para-hydroxylation sites is 1. The van der Waals surface area contributed by atoms with Crippen LogP contribution in [0.2, 0.25) is 5.02 Å². The Morgan fingerprint density at radius 1 is 1.24 bits per heavy atom. The molecule has 0 aliphatic carbocycles. The molecule has 192 valence electrons. The maximum Gasteiger partial charge on any atom is 0.410 e. The van der Waals surface area contributed by atoms with Crippen molar-refractivity contribution in [3.8, 4) is 6.07 Å². The van der Waals surface area contributed by atoms with Gasteiger partial charge in [0, 0.05) is 36.8 Å². The number of fused-ring (bicyclic) bond motifs is 3. The number of anilines is 1. The van der Waals surface area contributed by atoms with Crippen LogP contribution in [-0.4, -0.2) is 45.1 Å². The Hall–Kier alpha value is -3.57. The van der Waals surface area contributed by atoms with Crippen molar-refractivity contribution in [1.82, 2.24) is 14.5 Å². The van der Waals surface area contributed by atoms with Gasteiger partial charge in [0.05, 0.1) is 29.1 Å². The van der Waals surface area contributed by atoms with Crippen molar-refractivity contribution < 1.29 is 14.3 Å². The van der Waals surface area contributed by atoms with Crippen LogP contribution in [0, 0.1) is 11.3 Å². The fourth-order valence-electron chi connectivity index (χ4n) is 5.42. The lowest BCUT2D eigenvalue weighted by Crippen LogP contribution is -2.44. The molecule has 2 aliphatic heterocycles. The van der Waals surface area contributed by atoms with Crippen LogP contribution in [0.15, 0.2) is 42.5 Å². The summed E-state index contributed by atoms with van der Waals surface area (Å²) in [4.78, 5) is 35.2. The number of ether oxygens (including phenoxy) is 1. The molecule has 1 unspecified atom stereocenters. The predicted molar refractivity (Wildman–Crippen MR) is 141 cm³/mol. The first kappa shape index (κ1) is 25.1. The third-order valence-corrected chi connectivity index (χ3v) is 7.28. The molecule has 8 nitrogen and oxygen atoms in total. The maximum absolute atomic E-state index is 14.1. The number of aryl methyl sites for hydroxylation is 1. The zero-order valence-corrected chi connectivity index (χ0v) is 22.1. The molecule has 0 radical (unpaired) electrons. The lowest BCUT2D eigenvalue weighted by molar-refractivity contribution is -0.122. The van der Waals surface area contributed by atoms with Crippen LogP contribution in [-0.2, 0) is 28.0 Å².